The average Bonchev–Trinajstić information content (AvgIpc) is 3.08. The first-order valence-corrected chi connectivity index (χ1v) is 10.8. The summed E-state index contributed by atoms with van der Waals surface area (Å²) in [6.07, 6.45) is 0. The van der Waals surface area contributed by atoms with Crippen LogP contribution in [0.25, 0.3) is 5.76 Å². The minimum atomic E-state index is -0.688. The molecule has 0 aliphatic carbocycles. The van der Waals surface area contributed by atoms with Gasteiger partial charge in [0.1, 0.15) is 11.5 Å². The van der Waals surface area contributed by atoms with E-state index in [0.29, 0.717) is 37.6 Å². The fourth-order valence-electron chi connectivity index (χ4n) is 4.21. The molecule has 1 atom stereocenters. The van der Waals surface area contributed by atoms with Crippen LogP contribution in [0, 0.1) is 6.92 Å². The third-order valence-corrected chi connectivity index (χ3v) is 6.04. The van der Waals surface area contributed by atoms with E-state index in [-0.39, 0.29) is 11.3 Å². The molecule has 0 radical (unpaired) electrons. The highest BCUT2D eigenvalue weighted by Crippen LogP contribution is 2.40. The lowest BCUT2D eigenvalue weighted by Crippen LogP contribution is -2.42. The van der Waals surface area contributed by atoms with Gasteiger partial charge in [0, 0.05) is 31.7 Å². The molecule has 32 heavy (non-hydrogen) atoms. The van der Waals surface area contributed by atoms with Crippen molar-refractivity contribution in [1.29, 1.82) is 0 Å². The summed E-state index contributed by atoms with van der Waals surface area (Å²) in [5.74, 6) is -0.806. The van der Waals surface area contributed by atoms with Crippen LogP contribution < -0.4 is 4.74 Å². The summed E-state index contributed by atoms with van der Waals surface area (Å²) in [4.78, 5) is 30.0. The Hall–Kier alpha value is -3.16. The van der Waals surface area contributed by atoms with Crippen LogP contribution in [0.15, 0.2) is 54.1 Å². The molecule has 0 saturated carbocycles. The van der Waals surface area contributed by atoms with Crippen LogP contribution in [-0.4, -0.2) is 73.1 Å². The highest BCUT2D eigenvalue weighted by molar-refractivity contribution is 6.46. The maximum atomic E-state index is 13.1. The molecule has 0 spiro atoms. The lowest BCUT2D eigenvalue weighted by molar-refractivity contribution is -0.140. The number of methoxy groups -OCH3 is 1. The number of Topliss-reactive ketones (excluding diaryl/α,β-unsaturated/α-hetero) is 1. The predicted molar refractivity (Wildman–Crippen MR) is 120 cm³/mol. The maximum Gasteiger partial charge on any atom is 0.295 e. The molecule has 2 aromatic rings. The summed E-state index contributed by atoms with van der Waals surface area (Å²) >= 11 is 0. The highest BCUT2D eigenvalue weighted by atomic mass is 16.5. The van der Waals surface area contributed by atoms with Gasteiger partial charge in [0.2, 0.25) is 0 Å². The van der Waals surface area contributed by atoms with E-state index in [2.05, 4.69) is 4.90 Å². The molecule has 2 aliphatic rings. The van der Waals surface area contributed by atoms with Crippen molar-refractivity contribution < 1.29 is 24.2 Å². The van der Waals surface area contributed by atoms with E-state index in [4.69, 9.17) is 9.47 Å². The van der Waals surface area contributed by atoms with Gasteiger partial charge in [-0.2, -0.15) is 0 Å². The van der Waals surface area contributed by atoms with Crippen molar-refractivity contribution in [2.75, 3.05) is 46.5 Å². The molecule has 1 unspecified atom stereocenters. The molecule has 7 heteroatoms. The van der Waals surface area contributed by atoms with E-state index in [1.807, 2.05) is 37.3 Å². The number of benzene rings is 2. The second kappa shape index (κ2) is 9.54. The van der Waals surface area contributed by atoms with Crippen LogP contribution >= 0.6 is 0 Å². The molecule has 2 aliphatic heterocycles. The number of hydrogen-bond acceptors (Lipinski definition) is 6. The smallest absolute Gasteiger partial charge is 0.295 e. The van der Waals surface area contributed by atoms with E-state index >= 15 is 0 Å². The second-order valence-corrected chi connectivity index (χ2v) is 8.09. The number of rotatable bonds is 6. The first kappa shape index (κ1) is 22.0. The van der Waals surface area contributed by atoms with Crippen molar-refractivity contribution in [3.63, 3.8) is 0 Å². The zero-order valence-electron chi connectivity index (χ0n) is 18.4. The number of aliphatic hydroxyl groups excluding tert-OH is 1. The number of aliphatic hydroxyl groups is 1. The number of aryl methyl sites for hydroxylation is 1. The fraction of sp³-hybridized carbons (Fsp3) is 0.360. The molecule has 1 N–H and O–H groups in total. The Balaban J connectivity index is 1.74. The Morgan fingerprint density at radius 2 is 1.81 bits per heavy atom. The Morgan fingerprint density at radius 1 is 1.09 bits per heavy atom. The molecule has 2 aromatic carbocycles. The fourth-order valence-corrected chi connectivity index (χ4v) is 4.21. The van der Waals surface area contributed by atoms with Gasteiger partial charge < -0.3 is 19.5 Å². The number of likely N-dealkylation sites (tertiary alicyclic amines) is 1. The van der Waals surface area contributed by atoms with Gasteiger partial charge in [-0.05, 0) is 24.6 Å². The number of nitrogens with zero attached hydrogens (tertiary/aromatic N) is 2. The molecule has 0 aromatic heterocycles. The van der Waals surface area contributed by atoms with Crippen molar-refractivity contribution >= 4 is 17.4 Å². The van der Waals surface area contributed by atoms with Crippen molar-refractivity contribution in [2.24, 2.45) is 0 Å². The van der Waals surface area contributed by atoms with Gasteiger partial charge in [0.05, 0.1) is 31.9 Å². The molecule has 0 bridgehead atoms. The summed E-state index contributed by atoms with van der Waals surface area (Å²) < 4.78 is 10.8. The lowest BCUT2D eigenvalue weighted by atomic mass is 9.95. The van der Waals surface area contributed by atoms with Crippen molar-refractivity contribution in [1.82, 2.24) is 9.80 Å². The summed E-state index contributed by atoms with van der Waals surface area (Å²) in [5, 5.41) is 11.1. The largest absolute Gasteiger partial charge is 0.507 e. The van der Waals surface area contributed by atoms with Crippen LogP contribution in [-0.2, 0) is 14.3 Å². The number of ether oxygens (including phenoxy) is 2. The van der Waals surface area contributed by atoms with Crippen LogP contribution in [0.2, 0.25) is 0 Å². The first-order chi connectivity index (χ1) is 15.5. The normalized spacial score (nSPS) is 21.2. The summed E-state index contributed by atoms with van der Waals surface area (Å²) in [7, 11) is 1.57. The molecule has 168 valence electrons. The average molecular weight is 437 g/mol. The van der Waals surface area contributed by atoms with Crippen LogP contribution in [0.4, 0.5) is 0 Å². The zero-order chi connectivity index (χ0) is 22.7. The second-order valence-electron chi connectivity index (χ2n) is 8.09. The van der Waals surface area contributed by atoms with Gasteiger partial charge >= 0.3 is 0 Å². The Morgan fingerprint density at radius 3 is 2.50 bits per heavy atom. The molecule has 2 heterocycles. The number of carbonyl (C=O) groups excluding carboxylic acids is 2. The van der Waals surface area contributed by atoms with E-state index in [9.17, 15) is 14.7 Å². The van der Waals surface area contributed by atoms with Gasteiger partial charge in [-0.15, -0.1) is 0 Å². The minimum Gasteiger partial charge on any atom is -0.507 e. The first-order valence-electron chi connectivity index (χ1n) is 10.8. The molecule has 7 nitrogen and oxygen atoms in total. The highest BCUT2D eigenvalue weighted by Gasteiger charge is 2.46. The lowest BCUT2D eigenvalue weighted by Gasteiger charge is -2.31. The van der Waals surface area contributed by atoms with Crippen molar-refractivity contribution in [2.45, 2.75) is 13.0 Å². The van der Waals surface area contributed by atoms with Crippen LogP contribution in [0.3, 0.4) is 0 Å². The molecular formula is C25H28N2O5. The standard InChI is InChI=1S/C25H28N2O5/c1-17-6-8-18(9-7-17)23(28)21-22(19-4-3-5-20(16-19)31-2)27(25(30)24(21)29)11-10-26-12-14-32-15-13-26/h3-9,16,22,28H,10-15H2,1-2H3. The molecule has 2 saturated heterocycles. The van der Waals surface area contributed by atoms with Crippen molar-refractivity contribution in [3.05, 3.63) is 70.8 Å². The van der Waals surface area contributed by atoms with Crippen molar-refractivity contribution in [3.8, 4) is 5.75 Å². The summed E-state index contributed by atoms with van der Waals surface area (Å²) in [5.41, 5.74) is 2.37. The monoisotopic (exact) mass is 436 g/mol. The van der Waals surface area contributed by atoms with Gasteiger partial charge in [-0.25, -0.2) is 0 Å². The Bertz CT molecular complexity index is 1020. The Kier molecular flexibility index (Phi) is 6.58. The predicted octanol–water partition coefficient (Wildman–Crippen LogP) is 2.76. The quantitative estimate of drug-likeness (QED) is 0.426. The van der Waals surface area contributed by atoms with Gasteiger partial charge in [0.25, 0.3) is 11.7 Å². The number of hydrogen-bond donors (Lipinski definition) is 1. The topological polar surface area (TPSA) is 79.3 Å². The summed E-state index contributed by atoms with van der Waals surface area (Å²) in [6.45, 7) is 5.84. The van der Waals surface area contributed by atoms with E-state index in [1.54, 1.807) is 30.2 Å². The third-order valence-electron chi connectivity index (χ3n) is 6.04. The third kappa shape index (κ3) is 4.40. The maximum absolute atomic E-state index is 13.1. The van der Waals surface area contributed by atoms with Gasteiger partial charge in [0.15, 0.2) is 0 Å². The van der Waals surface area contributed by atoms with Gasteiger partial charge in [-0.3, -0.25) is 14.5 Å². The SMILES string of the molecule is COc1cccc(C2C(=C(O)c3ccc(C)cc3)C(=O)C(=O)N2CCN2CCOCC2)c1. The Labute approximate surface area is 187 Å². The number of carbonyl (C=O) groups is 2. The van der Waals surface area contributed by atoms with E-state index in [1.165, 1.54) is 0 Å². The zero-order valence-corrected chi connectivity index (χ0v) is 18.4. The molecular weight excluding hydrogens is 408 g/mol. The van der Waals surface area contributed by atoms with Crippen LogP contribution in [0.5, 0.6) is 5.75 Å². The molecule has 2 fully saturated rings. The van der Waals surface area contributed by atoms with Gasteiger partial charge in [-0.1, -0.05) is 42.0 Å². The molecule has 1 amide bonds. The van der Waals surface area contributed by atoms with Crippen LogP contribution in [0.1, 0.15) is 22.7 Å². The number of amides is 1. The number of morpholine rings is 1. The minimum absolute atomic E-state index is 0.106. The van der Waals surface area contributed by atoms with E-state index < -0.39 is 17.7 Å². The van der Waals surface area contributed by atoms with E-state index in [0.717, 1.165) is 24.2 Å². The summed E-state index contributed by atoms with van der Waals surface area (Å²) in [6, 6.07) is 13.8. The molecule has 4 rings (SSSR count). The number of ketones is 1.